The van der Waals surface area contributed by atoms with Gasteiger partial charge in [-0.15, -0.1) is 0 Å². The summed E-state index contributed by atoms with van der Waals surface area (Å²) in [5.41, 5.74) is 1.60. The highest BCUT2D eigenvalue weighted by Gasteiger charge is 2.26. The van der Waals surface area contributed by atoms with Crippen molar-refractivity contribution >= 4 is 23.6 Å². The van der Waals surface area contributed by atoms with Gasteiger partial charge in [0.25, 0.3) is 0 Å². The van der Waals surface area contributed by atoms with E-state index in [0.717, 1.165) is 18.0 Å². The largest absolute Gasteiger partial charge is 0.464 e. The van der Waals surface area contributed by atoms with Crippen molar-refractivity contribution in [3.63, 3.8) is 0 Å². The van der Waals surface area contributed by atoms with Gasteiger partial charge in [-0.1, -0.05) is 11.6 Å². The molecule has 178 valence electrons. The first-order valence-corrected chi connectivity index (χ1v) is 11.0. The van der Waals surface area contributed by atoms with E-state index in [9.17, 15) is 18.4 Å². The summed E-state index contributed by atoms with van der Waals surface area (Å²) < 4.78 is 31.4. The predicted molar refractivity (Wildman–Crippen MR) is 120 cm³/mol. The maximum atomic E-state index is 13.5. The van der Waals surface area contributed by atoms with Gasteiger partial charge in [0, 0.05) is 24.6 Å². The Morgan fingerprint density at radius 3 is 2.68 bits per heavy atom. The highest BCUT2D eigenvalue weighted by molar-refractivity contribution is 6.33. The molecule has 1 fully saturated rings. The fraction of sp³-hybridized carbons (Fsp3) is 0.304. The van der Waals surface area contributed by atoms with Crippen molar-refractivity contribution in [1.29, 1.82) is 0 Å². The number of imidazole rings is 1. The molecule has 11 heteroatoms. The maximum absolute atomic E-state index is 13.5. The van der Waals surface area contributed by atoms with Gasteiger partial charge in [0.05, 0.1) is 36.3 Å². The third kappa shape index (κ3) is 5.17. The molecular weight excluding hydrogens is 468 g/mol. The van der Waals surface area contributed by atoms with Gasteiger partial charge in [0.15, 0.2) is 17.3 Å². The first-order valence-electron chi connectivity index (χ1n) is 10.6. The number of pyridine rings is 1. The molecule has 0 spiro atoms. The van der Waals surface area contributed by atoms with Crippen LogP contribution in [0.4, 0.5) is 13.6 Å². The number of carbonyl (C=O) groups is 2. The Hall–Kier alpha value is -3.53. The topological polar surface area (TPSA) is 100 Å². The van der Waals surface area contributed by atoms with Crippen molar-refractivity contribution < 1.29 is 23.1 Å². The highest BCUT2D eigenvalue weighted by Crippen LogP contribution is 2.28. The zero-order valence-corrected chi connectivity index (χ0v) is 19.0. The van der Waals surface area contributed by atoms with Crippen LogP contribution in [0.3, 0.4) is 0 Å². The van der Waals surface area contributed by atoms with Crippen LogP contribution in [0.5, 0.6) is 0 Å². The average Bonchev–Trinajstić information content (AvgIpc) is 3.35. The molecule has 0 aliphatic carbocycles. The quantitative estimate of drug-likeness (QED) is 0.521. The second-order valence-electron chi connectivity index (χ2n) is 7.86. The number of aromatic amines is 1. The Morgan fingerprint density at radius 1 is 1.21 bits per heavy atom. The molecule has 2 amide bonds. The molecule has 1 aromatic carbocycles. The third-order valence-electron chi connectivity index (χ3n) is 5.70. The molecule has 2 N–H and O–H groups in total. The number of carbonyl (C=O) groups excluding carboxylic acids is 2. The molecule has 0 radical (unpaired) electrons. The van der Waals surface area contributed by atoms with Crippen LogP contribution in [-0.2, 0) is 11.3 Å². The van der Waals surface area contributed by atoms with Gasteiger partial charge in [0.1, 0.15) is 5.82 Å². The molecule has 1 saturated heterocycles. The summed E-state index contributed by atoms with van der Waals surface area (Å²) in [6, 6.07) is 6.62. The van der Waals surface area contributed by atoms with E-state index in [-0.39, 0.29) is 29.2 Å². The van der Waals surface area contributed by atoms with Crippen LogP contribution in [-0.4, -0.2) is 52.1 Å². The average molecular weight is 490 g/mol. The lowest BCUT2D eigenvalue weighted by molar-refractivity contribution is 0.0594. The van der Waals surface area contributed by atoms with Crippen LogP contribution >= 0.6 is 11.6 Å². The fourth-order valence-electron chi connectivity index (χ4n) is 3.81. The lowest BCUT2D eigenvalue weighted by Gasteiger charge is -2.31. The molecule has 1 aliphatic heterocycles. The Bertz CT molecular complexity index is 1210. The minimum Gasteiger partial charge on any atom is -0.464 e. The van der Waals surface area contributed by atoms with Crippen molar-refractivity contribution in [1.82, 2.24) is 25.2 Å². The van der Waals surface area contributed by atoms with E-state index in [1.807, 2.05) is 0 Å². The number of esters is 1. The lowest BCUT2D eigenvalue weighted by atomic mass is 9.96. The van der Waals surface area contributed by atoms with Crippen LogP contribution < -0.4 is 5.32 Å². The zero-order chi connectivity index (χ0) is 24.2. The van der Waals surface area contributed by atoms with E-state index >= 15 is 0 Å². The normalized spacial score (nSPS) is 14.2. The number of urea groups is 1. The van der Waals surface area contributed by atoms with E-state index < -0.39 is 17.6 Å². The van der Waals surface area contributed by atoms with Gasteiger partial charge in [-0.2, -0.15) is 0 Å². The number of nitrogens with zero attached hydrogens (tertiary/aromatic N) is 3. The summed E-state index contributed by atoms with van der Waals surface area (Å²) >= 11 is 5.97. The Balaban J connectivity index is 1.31. The Kier molecular flexibility index (Phi) is 7.06. The number of halogens is 3. The number of nitrogens with one attached hydrogen (secondary N) is 2. The second-order valence-corrected chi connectivity index (χ2v) is 8.26. The van der Waals surface area contributed by atoms with Gasteiger partial charge < -0.3 is 19.9 Å². The minimum atomic E-state index is -0.914. The van der Waals surface area contributed by atoms with Crippen LogP contribution in [0.2, 0.25) is 5.02 Å². The SMILES string of the molecule is COC(=O)c1nc(CNC(=O)N2CCC(c3ncc(-c4ccc(F)c(F)c4)[nH]3)CC2)ccc1Cl. The Labute approximate surface area is 199 Å². The molecule has 0 saturated carbocycles. The number of hydrogen-bond donors (Lipinski definition) is 2. The number of likely N-dealkylation sites (tertiary alicyclic amines) is 1. The van der Waals surface area contributed by atoms with Crippen LogP contribution in [0.1, 0.15) is 40.8 Å². The van der Waals surface area contributed by atoms with Crippen LogP contribution in [0.25, 0.3) is 11.3 Å². The summed E-state index contributed by atoms with van der Waals surface area (Å²) in [4.78, 5) is 37.8. The van der Waals surface area contributed by atoms with Crippen molar-refractivity contribution in [3.05, 3.63) is 70.4 Å². The van der Waals surface area contributed by atoms with E-state index in [2.05, 4.69) is 25.0 Å². The second kappa shape index (κ2) is 10.2. The van der Waals surface area contributed by atoms with Gasteiger partial charge in [-0.3, -0.25) is 0 Å². The molecule has 1 aliphatic rings. The fourth-order valence-corrected chi connectivity index (χ4v) is 3.99. The van der Waals surface area contributed by atoms with E-state index in [1.165, 1.54) is 19.2 Å². The van der Waals surface area contributed by atoms with Crippen LogP contribution in [0.15, 0.2) is 36.5 Å². The summed E-state index contributed by atoms with van der Waals surface area (Å²) in [5, 5.41) is 2.98. The van der Waals surface area contributed by atoms with Gasteiger partial charge in [-0.05, 0) is 43.2 Å². The molecule has 0 atom stereocenters. The lowest BCUT2D eigenvalue weighted by Crippen LogP contribution is -2.44. The molecular formula is C23H22ClF2N5O3. The predicted octanol–water partition coefficient (Wildman–Crippen LogP) is 4.28. The molecule has 34 heavy (non-hydrogen) atoms. The molecule has 2 aromatic heterocycles. The molecule has 0 bridgehead atoms. The molecule has 0 unspecified atom stereocenters. The summed E-state index contributed by atoms with van der Waals surface area (Å²) in [6.07, 6.45) is 3.00. The standard InChI is InChI=1S/C23H22ClF2N5O3/c1-34-22(32)20-16(24)4-3-15(29-20)11-28-23(33)31-8-6-13(7-9-31)21-27-12-19(30-21)14-2-5-17(25)18(26)10-14/h2-5,10,12-13H,6-9,11H2,1H3,(H,27,30)(H,28,33). The molecule has 3 aromatic rings. The number of hydrogen-bond acceptors (Lipinski definition) is 5. The zero-order valence-electron chi connectivity index (χ0n) is 18.3. The highest BCUT2D eigenvalue weighted by atomic mass is 35.5. The number of aromatic nitrogens is 3. The summed E-state index contributed by atoms with van der Waals surface area (Å²) in [7, 11) is 1.24. The smallest absolute Gasteiger partial charge is 0.358 e. The number of rotatable bonds is 5. The molecule has 3 heterocycles. The number of amides is 2. The third-order valence-corrected chi connectivity index (χ3v) is 6.00. The van der Waals surface area contributed by atoms with Gasteiger partial charge >= 0.3 is 12.0 Å². The first-order chi connectivity index (χ1) is 16.4. The van der Waals surface area contributed by atoms with E-state index in [1.54, 1.807) is 17.2 Å². The maximum Gasteiger partial charge on any atom is 0.358 e. The summed E-state index contributed by atoms with van der Waals surface area (Å²) in [6.45, 7) is 1.19. The molecule has 8 nitrogen and oxygen atoms in total. The minimum absolute atomic E-state index is 0.00192. The van der Waals surface area contributed by atoms with Gasteiger partial charge in [0.2, 0.25) is 0 Å². The number of piperidine rings is 1. The monoisotopic (exact) mass is 489 g/mol. The first kappa shape index (κ1) is 23.6. The Morgan fingerprint density at radius 2 is 1.97 bits per heavy atom. The number of ether oxygens (including phenoxy) is 1. The van der Waals surface area contributed by atoms with E-state index in [0.29, 0.717) is 42.9 Å². The van der Waals surface area contributed by atoms with Crippen molar-refractivity contribution in [2.45, 2.75) is 25.3 Å². The van der Waals surface area contributed by atoms with E-state index in [4.69, 9.17) is 11.6 Å². The van der Waals surface area contributed by atoms with Crippen molar-refractivity contribution in [3.8, 4) is 11.3 Å². The van der Waals surface area contributed by atoms with Crippen molar-refractivity contribution in [2.75, 3.05) is 20.2 Å². The molecule has 4 rings (SSSR count). The van der Waals surface area contributed by atoms with Gasteiger partial charge in [-0.25, -0.2) is 28.3 Å². The summed E-state index contributed by atoms with van der Waals surface area (Å²) in [5.74, 6) is -1.59. The number of methoxy groups -OCH3 is 1. The number of H-pyrrole nitrogens is 1. The number of benzene rings is 1. The van der Waals surface area contributed by atoms with Crippen LogP contribution in [0, 0.1) is 11.6 Å². The van der Waals surface area contributed by atoms with Crippen molar-refractivity contribution in [2.24, 2.45) is 0 Å².